The van der Waals surface area contributed by atoms with E-state index in [1.165, 1.54) is 6.08 Å². The molecule has 90 valence electrons. The Balaban J connectivity index is 2.17. The van der Waals surface area contributed by atoms with Crippen LogP contribution in [0.15, 0.2) is 42.7 Å². The molecule has 1 atom stereocenters. The molecular formula is C12H11F2NO2. The summed E-state index contributed by atoms with van der Waals surface area (Å²) >= 11 is 0. The van der Waals surface area contributed by atoms with Crippen LogP contribution in [-0.4, -0.2) is 23.5 Å². The minimum Gasteiger partial charge on any atom is -0.418 e. The van der Waals surface area contributed by atoms with Gasteiger partial charge in [-0.2, -0.15) is 0 Å². The molecule has 17 heavy (non-hydrogen) atoms. The summed E-state index contributed by atoms with van der Waals surface area (Å²) < 4.78 is 30.1. The highest BCUT2D eigenvalue weighted by molar-refractivity contribution is 5.70. The molecule has 0 fully saturated rings. The van der Waals surface area contributed by atoms with Gasteiger partial charge in [0, 0.05) is 6.54 Å². The van der Waals surface area contributed by atoms with Gasteiger partial charge in [0.05, 0.1) is 6.26 Å². The highest BCUT2D eigenvalue weighted by atomic mass is 19.3. The fraction of sp³-hybridized carbons (Fsp3) is 0.250. The van der Waals surface area contributed by atoms with Crippen LogP contribution in [0.25, 0.3) is 0 Å². The van der Waals surface area contributed by atoms with Crippen LogP contribution in [0.1, 0.15) is 5.56 Å². The summed E-state index contributed by atoms with van der Waals surface area (Å²) in [4.78, 5) is 12.4. The molecule has 2 rings (SSSR count). The van der Waals surface area contributed by atoms with Crippen LogP contribution < -0.4 is 0 Å². The van der Waals surface area contributed by atoms with Crippen LogP contribution >= 0.6 is 0 Å². The van der Waals surface area contributed by atoms with Crippen molar-refractivity contribution >= 4 is 6.09 Å². The lowest BCUT2D eigenvalue weighted by Crippen LogP contribution is -2.44. The van der Waals surface area contributed by atoms with Gasteiger partial charge >= 0.3 is 6.09 Å². The summed E-state index contributed by atoms with van der Waals surface area (Å²) in [5, 5.41) is 0. The van der Waals surface area contributed by atoms with E-state index in [-0.39, 0.29) is 6.54 Å². The number of hydrogen-bond acceptors (Lipinski definition) is 2. The third-order valence-corrected chi connectivity index (χ3v) is 2.49. The molecule has 1 aliphatic heterocycles. The fourth-order valence-corrected chi connectivity index (χ4v) is 1.64. The summed E-state index contributed by atoms with van der Waals surface area (Å²) in [6, 6.07) is 7.72. The van der Waals surface area contributed by atoms with Crippen molar-refractivity contribution < 1.29 is 18.3 Å². The standard InChI is InChI=1S/C12H11F2NO2/c13-11(14)10-6-7-17-12(16)15(10)8-9-4-2-1-3-5-9/h1-7,10-11H,8H2/t10-/m0/s1. The lowest BCUT2D eigenvalue weighted by Gasteiger charge is -2.30. The largest absolute Gasteiger partial charge is 0.418 e. The quantitative estimate of drug-likeness (QED) is 0.811. The minimum atomic E-state index is -2.62. The Morgan fingerprint density at radius 1 is 1.29 bits per heavy atom. The number of halogens is 2. The topological polar surface area (TPSA) is 29.5 Å². The van der Waals surface area contributed by atoms with Gasteiger partial charge in [-0.1, -0.05) is 30.3 Å². The second-order valence-corrected chi connectivity index (χ2v) is 3.65. The van der Waals surface area contributed by atoms with E-state index in [9.17, 15) is 13.6 Å². The summed E-state index contributed by atoms with van der Waals surface area (Å²) in [6.07, 6.45) is -1.17. The van der Waals surface area contributed by atoms with Gasteiger partial charge < -0.3 is 4.74 Å². The average Bonchev–Trinajstić information content (AvgIpc) is 2.33. The first-order valence-corrected chi connectivity index (χ1v) is 5.14. The molecule has 1 aliphatic rings. The number of ether oxygens (including phenoxy) is 1. The van der Waals surface area contributed by atoms with E-state index in [0.29, 0.717) is 0 Å². The van der Waals surface area contributed by atoms with E-state index >= 15 is 0 Å². The zero-order chi connectivity index (χ0) is 12.3. The van der Waals surface area contributed by atoms with Crippen molar-refractivity contribution in [1.29, 1.82) is 0 Å². The minimum absolute atomic E-state index is 0.110. The van der Waals surface area contributed by atoms with Crippen LogP contribution in [0.5, 0.6) is 0 Å². The van der Waals surface area contributed by atoms with Crippen LogP contribution in [0, 0.1) is 0 Å². The van der Waals surface area contributed by atoms with E-state index in [4.69, 9.17) is 0 Å². The second-order valence-electron chi connectivity index (χ2n) is 3.65. The van der Waals surface area contributed by atoms with Crippen molar-refractivity contribution in [3.63, 3.8) is 0 Å². The SMILES string of the molecule is O=C1OC=C[C@@H](C(F)F)N1Cc1ccccc1. The Morgan fingerprint density at radius 2 is 2.00 bits per heavy atom. The van der Waals surface area contributed by atoms with Gasteiger partial charge in [0.2, 0.25) is 0 Å². The van der Waals surface area contributed by atoms with E-state index in [0.717, 1.165) is 16.7 Å². The number of benzene rings is 1. The Hall–Kier alpha value is -1.91. The van der Waals surface area contributed by atoms with Gasteiger partial charge in [-0.25, -0.2) is 13.6 Å². The monoisotopic (exact) mass is 239 g/mol. The number of alkyl halides is 2. The highest BCUT2D eigenvalue weighted by Gasteiger charge is 2.32. The van der Waals surface area contributed by atoms with E-state index in [1.54, 1.807) is 24.3 Å². The summed E-state index contributed by atoms with van der Waals surface area (Å²) in [6.45, 7) is 0.110. The zero-order valence-corrected chi connectivity index (χ0v) is 8.92. The molecule has 0 unspecified atom stereocenters. The maximum atomic E-state index is 12.7. The van der Waals surface area contributed by atoms with Crippen molar-refractivity contribution in [2.24, 2.45) is 0 Å². The number of hydrogen-bond donors (Lipinski definition) is 0. The average molecular weight is 239 g/mol. The molecule has 5 heteroatoms. The number of cyclic esters (lactones) is 1. The molecule has 0 aromatic heterocycles. The van der Waals surface area contributed by atoms with Gasteiger partial charge in [0.25, 0.3) is 6.43 Å². The number of nitrogens with zero attached hydrogens (tertiary/aromatic N) is 1. The Kier molecular flexibility index (Phi) is 3.37. The fourth-order valence-electron chi connectivity index (χ4n) is 1.64. The van der Waals surface area contributed by atoms with E-state index in [1.807, 2.05) is 6.07 Å². The zero-order valence-electron chi connectivity index (χ0n) is 8.92. The summed E-state index contributed by atoms with van der Waals surface area (Å²) in [5.41, 5.74) is 0.783. The van der Waals surface area contributed by atoms with Crippen molar-refractivity contribution in [2.75, 3.05) is 0 Å². The van der Waals surface area contributed by atoms with Crippen molar-refractivity contribution in [1.82, 2.24) is 4.90 Å². The Morgan fingerprint density at radius 3 is 2.65 bits per heavy atom. The molecule has 0 bridgehead atoms. The number of carbonyl (C=O) groups excluding carboxylic acids is 1. The van der Waals surface area contributed by atoms with Crippen molar-refractivity contribution in [3.05, 3.63) is 48.2 Å². The predicted octanol–water partition coefficient (Wildman–Crippen LogP) is 2.79. The Labute approximate surface area is 97.3 Å². The lowest BCUT2D eigenvalue weighted by molar-refractivity contribution is 0.0326. The highest BCUT2D eigenvalue weighted by Crippen LogP contribution is 2.19. The first kappa shape index (κ1) is 11.6. The van der Waals surface area contributed by atoms with Gasteiger partial charge in [0.15, 0.2) is 0 Å². The van der Waals surface area contributed by atoms with E-state index in [2.05, 4.69) is 4.74 Å². The lowest BCUT2D eigenvalue weighted by atomic mass is 10.1. The number of amides is 1. The van der Waals surface area contributed by atoms with Gasteiger partial charge in [-0.05, 0) is 11.6 Å². The van der Waals surface area contributed by atoms with Gasteiger partial charge in [-0.15, -0.1) is 0 Å². The molecular weight excluding hydrogens is 228 g/mol. The number of carbonyl (C=O) groups is 1. The smallest absolute Gasteiger partial charge is 0.415 e. The summed E-state index contributed by atoms with van der Waals surface area (Å²) in [5.74, 6) is 0. The van der Waals surface area contributed by atoms with Gasteiger partial charge in [0.1, 0.15) is 6.04 Å². The third-order valence-electron chi connectivity index (χ3n) is 2.49. The Bertz CT molecular complexity index is 420. The molecule has 0 N–H and O–H groups in total. The number of rotatable bonds is 3. The maximum absolute atomic E-state index is 12.7. The normalized spacial score (nSPS) is 19.6. The molecule has 1 aromatic carbocycles. The second kappa shape index (κ2) is 4.95. The van der Waals surface area contributed by atoms with Crippen LogP contribution in [-0.2, 0) is 11.3 Å². The van der Waals surface area contributed by atoms with Crippen molar-refractivity contribution in [2.45, 2.75) is 19.0 Å². The van der Waals surface area contributed by atoms with E-state index < -0.39 is 18.6 Å². The molecule has 1 amide bonds. The molecule has 1 heterocycles. The molecule has 0 aliphatic carbocycles. The first-order chi connectivity index (χ1) is 8.18. The van der Waals surface area contributed by atoms with Crippen LogP contribution in [0.2, 0.25) is 0 Å². The van der Waals surface area contributed by atoms with Crippen LogP contribution in [0.4, 0.5) is 13.6 Å². The third kappa shape index (κ3) is 2.61. The summed E-state index contributed by atoms with van der Waals surface area (Å²) in [7, 11) is 0. The molecule has 3 nitrogen and oxygen atoms in total. The molecule has 0 radical (unpaired) electrons. The predicted molar refractivity (Wildman–Crippen MR) is 57.4 cm³/mol. The molecule has 0 saturated carbocycles. The van der Waals surface area contributed by atoms with Crippen molar-refractivity contribution in [3.8, 4) is 0 Å². The van der Waals surface area contributed by atoms with Crippen LogP contribution in [0.3, 0.4) is 0 Å². The first-order valence-electron chi connectivity index (χ1n) is 5.14. The maximum Gasteiger partial charge on any atom is 0.415 e. The van der Waals surface area contributed by atoms with Gasteiger partial charge in [-0.3, -0.25) is 4.90 Å². The molecule has 1 aromatic rings. The molecule has 0 saturated heterocycles. The molecule has 0 spiro atoms.